The second kappa shape index (κ2) is 9.06. The van der Waals surface area contributed by atoms with Crippen molar-refractivity contribution in [2.24, 2.45) is 11.3 Å². The minimum Gasteiger partial charge on any atom is -0.396 e. The second-order valence-electron chi connectivity index (χ2n) is 8.86. The van der Waals surface area contributed by atoms with E-state index in [1.165, 1.54) is 12.1 Å². The van der Waals surface area contributed by atoms with Crippen LogP contribution in [0.25, 0.3) is 0 Å². The molecule has 3 heterocycles. The number of anilines is 1. The number of aliphatic hydroxyl groups excluding tert-OH is 1. The number of halogens is 3. The summed E-state index contributed by atoms with van der Waals surface area (Å²) >= 11 is 0. The Kier molecular flexibility index (Phi) is 6.34. The van der Waals surface area contributed by atoms with Crippen LogP contribution in [-0.4, -0.2) is 58.5 Å². The first-order valence-electron chi connectivity index (χ1n) is 11.0. The lowest BCUT2D eigenvalue weighted by atomic mass is 9.71. The number of aryl methyl sites for hydroxylation is 1. The molecule has 2 saturated heterocycles. The van der Waals surface area contributed by atoms with E-state index in [1.54, 1.807) is 16.9 Å². The highest BCUT2D eigenvalue weighted by atomic mass is 19.4. The minimum absolute atomic E-state index is 0.0534. The Labute approximate surface area is 190 Å². The average Bonchev–Trinajstić information content (AvgIpc) is 3.45. The van der Waals surface area contributed by atoms with Crippen molar-refractivity contribution >= 4 is 11.6 Å². The fourth-order valence-electron chi connectivity index (χ4n) is 5.11. The maximum atomic E-state index is 13.4. The van der Waals surface area contributed by atoms with E-state index in [-0.39, 0.29) is 23.8 Å². The molecule has 1 aromatic carbocycles. The zero-order valence-electron chi connectivity index (χ0n) is 18.1. The Morgan fingerprint density at radius 3 is 2.67 bits per heavy atom. The highest BCUT2D eigenvalue weighted by Gasteiger charge is 2.48. The summed E-state index contributed by atoms with van der Waals surface area (Å²) in [5.41, 5.74) is -1.21. The highest BCUT2D eigenvalue weighted by Crippen LogP contribution is 2.46. The van der Waals surface area contributed by atoms with Gasteiger partial charge >= 0.3 is 6.18 Å². The number of piperidine rings is 1. The summed E-state index contributed by atoms with van der Waals surface area (Å²) in [6, 6.07) is 7.19. The van der Waals surface area contributed by atoms with Gasteiger partial charge < -0.3 is 14.9 Å². The molecule has 0 saturated carbocycles. The molecule has 0 aliphatic carbocycles. The van der Waals surface area contributed by atoms with Gasteiger partial charge in [0.05, 0.1) is 17.2 Å². The number of likely N-dealkylation sites (tertiary alicyclic amines) is 1. The van der Waals surface area contributed by atoms with Gasteiger partial charge in [0.1, 0.15) is 0 Å². The number of hydrogen-bond acceptors (Lipinski definition) is 5. The number of hydrogen-bond donors (Lipinski definition) is 1. The number of carbonyl (C=O) groups is 1. The number of benzene rings is 1. The summed E-state index contributed by atoms with van der Waals surface area (Å²) in [6.07, 6.45) is 0.591. The third-order valence-electron chi connectivity index (χ3n) is 7.05. The van der Waals surface area contributed by atoms with Crippen LogP contribution in [0.5, 0.6) is 0 Å². The fourth-order valence-corrected chi connectivity index (χ4v) is 5.11. The van der Waals surface area contributed by atoms with E-state index >= 15 is 0 Å². The predicted molar refractivity (Wildman–Crippen MR) is 114 cm³/mol. The molecule has 0 bridgehead atoms. The van der Waals surface area contributed by atoms with Gasteiger partial charge in [0, 0.05) is 69.8 Å². The molecule has 1 amide bonds. The largest absolute Gasteiger partial charge is 0.417 e. The van der Waals surface area contributed by atoms with E-state index in [2.05, 4.69) is 5.10 Å². The molecule has 0 radical (unpaired) electrons. The number of rotatable bonds is 5. The average molecular weight is 461 g/mol. The van der Waals surface area contributed by atoms with Crippen LogP contribution >= 0.6 is 0 Å². The Morgan fingerprint density at radius 1 is 1.30 bits per heavy atom. The lowest BCUT2D eigenvalue weighted by Crippen LogP contribution is -2.47. The van der Waals surface area contributed by atoms with Crippen LogP contribution in [0.3, 0.4) is 0 Å². The van der Waals surface area contributed by atoms with Gasteiger partial charge in [-0.05, 0) is 42.5 Å². The van der Waals surface area contributed by atoms with Crippen molar-refractivity contribution in [2.75, 3.05) is 37.7 Å². The van der Waals surface area contributed by atoms with Crippen molar-refractivity contribution < 1.29 is 23.1 Å². The Morgan fingerprint density at radius 2 is 2.06 bits per heavy atom. The Balaban J connectivity index is 1.44. The van der Waals surface area contributed by atoms with Crippen molar-refractivity contribution in [3.05, 3.63) is 47.8 Å². The van der Waals surface area contributed by atoms with Gasteiger partial charge in [-0.1, -0.05) is 0 Å². The zero-order chi connectivity index (χ0) is 23.6. The second-order valence-corrected chi connectivity index (χ2v) is 8.86. The van der Waals surface area contributed by atoms with Crippen molar-refractivity contribution in [3.8, 4) is 6.07 Å². The van der Waals surface area contributed by atoms with Gasteiger partial charge in [-0.3, -0.25) is 9.48 Å². The van der Waals surface area contributed by atoms with Crippen LogP contribution in [0.15, 0.2) is 36.7 Å². The maximum absolute atomic E-state index is 13.4. The molecule has 1 spiro atoms. The van der Waals surface area contributed by atoms with Crippen LogP contribution in [0.2, 0.25) is 0 Å². The summed E-state index contributed by atoms with van der Waals surface area (Å²) in [7, 11) is 0. The quantitative estimate of drug-likeness (QED) is 0.740. The number of amides is 1. The predicted octanol–water partition coefficient (Wildman–Crippen LogP) is 2.90. The summed E-state index contributed by atoms with van der Waals surface area (Å²) in [5.74, 6) is -0.0403. The van der Waals surface area contributed by atoms with Crippen LogP contribution in [0.4, 0.5) is 18.9 Å². The van der Waals surface area contributed by atoms with Crippen LogP contribution in [0.1, 0.15) is 30.4 Å². The number of aromatic nitrogens is 2. The van der Waals surface area contributed by atoms with Crippen LogP contribution in [0, 0.1) is 22.7 Å². The molecule has 176 valence electrons. The summed E-state index contributed by atoms with van der Waals surface area (Å²) in [6.45, 7) is 2.52. The standard InChI is InChI=1S/C23H26F3N5O2/c24-23(25,26)20-12-19(3-2-17(20)13-27)30-14-18(15-32)22(16-30)5-10-29(11-6-22)21(33)4-9-31-8-1-7-28-31/h1-3,7-8,12,18,32H,4-6,9-11,14-16H2. The maximum Gasteiger partial charge on any atom is 0.417 e. The first-order valence-corrected chi connectivity index (χ1v) is 11.0. The van der Waals surface area contributed by atoms with Crippen molar-refractivity contribution in [1.29, 1.82) is 5.26 Å². The third kappa shape index (κ3) is 4.69. The molecule has 1 unspecified atom stereocenters. The first kappa shape index (κ1) is 23.1. The van der Waals surface area contributed by atoms with Gasteiger partial charge in [0.2, 0.25) is 5.91 Å². The van der Waals surface area contributed by atoms with E-state index < -0.39 is 17.3 Å². The lowest BCUT2D eigenvalue weighted by Gasteiger charge is -2.42. The van der Waals surface area contributed by atoms with Gasteiger partial charge in [-0.2, -0.15) is 23.5 Å². The van der Waals surface area contributed by atoms with Crippen LogP contribution < -0.4 is 4.90 Å². The van der Waals surface area contributed by atoms with E-state index in [9.17, 15) is 23.1 Å². The highest BCUT2D eigenvalue weighted by molar-refractivity contribution is 5.76. The lowest BCUT2D eigenvalue weighted by molar-refractivity contribution is -0.137. The monoisotopic (exact) mass is 461 g/mol. The molecular weight excluding hydrogens is 435 g/mol. The molecule has 10 heteroatoms. The number of carbonyl (C=O) groups excluding carboxylic acids is 1. The molecule has 7 nitrogen and oxygen atoms in total. The topological polar surface area (TPSA) is 85.4 Å². The Hall–Kier alpha value is -3.06. The normalized spacial score (nSPS) is 20.3. The molecule has 4 rings (SSSR count). The van der Waals surface area contributed by atoms with Crippen LogP contribution in [-0.2, 0) is 17.5 Å². The van der Waals surface area contributed by atoms with Gasteiger partial charge in [0.25, 0.3) is 0 Å². The number of aliphatic hydroxyl groups is 1. The first-order chi connectivity index (χ1) is 15.8. The molecular formula is C23H26F3N5O2. The van der Waals surface area contributed by atoms with E-state index in [0.717, 1.165) is 6.07 Å². The zero-order valence-corrected chi connectivity index (χ0v) is 18.1. The van der Waals surface area contributed by atoms with Gasteiger partial charge in [0.15, 0.2) is 0 Å². The SMILES string of the molecule is N#Cc1ccc(N2CC(CO)C3(CCN(C(=O)CCn4cccn4)CC3)C2)cc1C(F)(F)F. The third-order valence-corrected chi connectivity index (χ3v) is 7.05. The van der Waals surface area contributed by atoms with Crippen molar-refractivity contribution in [2.45, 2.75) is 32.0 Å². The molecule has 1 aromatic heterocycles. The van der Waals surface area contributed by atoms with E-state index in [0.29, 0.717) is 57.7 Å². The van der Waals surface area contributed by atoms with E-state index in [1.807, 2.05) is 22.1 Å². The van der Waals surface area contributed by atoms with Gasteiger partial charge in [-0.15, -0.1) is 0 Å². The molecule has 1 N–H and O–H groups in total. The van der Waals surface area contributed by atoms with Gasteiger partial charge in [-0.25, -0.2) is 0 Å². The number of nitrogens with zero attached hydrogens (tertiary/aromatic N) is 5. The van der Waals surface area contributed by atoms with Crippen molar-refractivity contribution in [3.63, 3.8) is 0 Å². The number of nitriles is 1. The Bertz CT molecular complexity index is 1020. The fraction of sp³-hybridized carbons (Fsp3) is 0.522. The van der Waals surface area contributed by atoms with Crippen molar-refractivity contribution in [1.82, 2.24) is 14.7 Å². The molecule has 2 aliphatic rings. The minimum atomic E-state index is -4.61. The summed E-state index contributed by atoms with van der Waals surface area (Å²) in [5, 5.41) is 23.2. The molecule has 33 heavy (non-hydrogen) atoms. The van der Waals surface area contributed by atoms with E-state index in [4.69, 9.17) is 5.26 Å². The molecule has 2 aliphatic heterocycles. The molecule has 2 aromatic rings. The smallest absolute Gasteiger partial charge is 0.396 e. The number of alkyl halides is 3. The summed E-state index contributed by atoms with van der Waals surface area (Å²) < 4.78 is 42.0. The molecule has 1 atom stereocenters. The summed E-state index contributed by atoms with van der Waals surface area (Å²) in [4.78, 5) is 16.3. The molecule has 2 fully saturated rings.